The van der Waals surface area contributed by atoms with E-state index >= 15 is 0 Å². The highest BCUT2D eigenvalue weighted by Gasteiger charge is 2.49. The van der Waals surface area contributed by atoms with E-state index in [1.807, 2.05) is 12.1 Å². The van der Waals surface area contributed by atoms with Gasteiger partial charge in [-0.3, -0.25) is 10.1 Å². The van der Waals surface area contributed by atoms with E-state index in [0.29, 0.717) is 25.0 Å². The second-order valence-corrected chi connectivity index (χ2v) is 5.09. The summed E-state index contributed by atoms with van der Waals surface area (Å²) in [5.74, 6) is 1.24. The van der Waals surface area contributed by atoms with Crippen LogP contribution in [-0.4, -0.2) is 31.7 Å². The van der Waals surface area contributed by atoms with Crippen molar-refractivity contribution >= 4 is 11.9 Å². The van der Waals surface area contributed by atoms with Gasteiger partial charge in [0.1, 0.15) is 17.0 Å². The van der Waals surface area contributed by atoms with Gasteiger partial charge < -0.3 is 14.8 Å². The van der Waals surface area contributed by atoms with Crippen LogP contribution in [0.2, 0.25) is 0 Å². The fourth-order valence-electron chi connectivity index (χ4n) is 3.06. The number of imide groups is 1. The topological polar surface area (TPSA) is 76.7 Å². The van der Waals surface area contributed by atoms with Gasteiger partial charge in [0.15, 0.2) is 0 Å². The second kappa shape index (κ2) is 4.40. The van der Waals surface area contributed by atoms with Crippen LogP contribution in [0.3, 0.4) is 0 Å². The van der Waals surface area contributed by atoms with E-state index in [2.05, 4.69) is 10.6 Å². The molecule has 1 aliphatic heterocycles. The lowest BCUT2D eigenvalue weighted by Gasteiger charge is -2.33. The monoisotopic (exact) mass is 276 g/mol. The van der Waals surface area contributed by atoms with Gasteiger partial charge in [-0.15, -0.1) is 0 Å². The van der Waals surface area contributed by atoms with Crippen molar-refractivity contribution < 1.29 is 19.1 Å². The van der Waals surface area contributed by atoms with Crippen LogP contribution in [-0.2, 0) is 17.6 Å². The van der Waals surface area contributed by atoms with Gasteiger partial charge in [0.2, 0.25) is 0 Å². The first-order chi connectivity index (χ1) is 9.59. The van der Waals surface area contributed by atoms with Crippen LogP contribution >= 0.6 is 0 Å². The van der Waals surface area contributed by atoms with Gasteiger partial charge in [0.25, 0.3) is 5.91 Å². The highest BCUT2D eigenvalue weighted by atomic mass is 16.5. The number of amides is 3. The summed E-state index contributed by atoms with van der Waals surface area (Å²) < 4.78 is 10.7. The summed E-state index contributed by atoms with van der Waals surface area (Å²) in [7, 11) is 3.22. The Hall–Kier alpha value is -2.24. The molecule has 0 bridgehead atoms. The van der Waals surface area contributed by atoms with E-state index < -0.39 is 11.6 Å². The van der Waals surface area contributed by atoms with Gasteiger partial charge in [-0.1, -0.05) is 0 Å². The highest BCUT2D eigenvalue weighted by molar-refractivity contribution is 6.07. The minimum atomic E-state index is -0.857. The zero-order valence-electron chi connectivity index (χ0n) is 11.4. The lowest BCUT2D eigenvalue weighted by molar-refractivity contribution is -0.124. The van der Waals surface area contributed by atoms with Crippen LogP contribution in [0.25, 0.3) is 0 Å². The number of benzene rings is 1. The lowest BCUT2D eigenvalue weighted by atomic mass is 9.77. The molecule has 2 aliphatic rings. The molecule has 20 heavy (non-hydrogen) atoms. The van der Waals surface area contributed by atoms with Crippen LogP contribution in [0.5, 0.6) is 11.5 Å². The Kier molecular flexibility index (Phi) is 2.81. The molecule has 6 heteroatoms. The Labute approximate surface area is 116 Å². The third-order valence-corrected chi connectivity index (χ3v) is 4.08. The van der Waals surface area contributed by atoms with E-state index in [0.717, 1.165) is 16.9 Å². The van der Waals surface area contributed by atoms with Gasteiger partial charge in [0, 0.05) is 17.5 Å². The molecule has 1 aliphatic carbocycles. The maximum absolute atomic E-state index is 12.1. The second-order valence-electron chi connectivity index (χ2n) is 5.09. The molecular weight excluding hydrogens is 260 g/mol. The zero-order valence-corrected chi connectivity index (χ0v) is 11.4. The van der Waals surface area contributed by atoms with Crippen LogP contribution in [0.4, 0.5) is 4.79 Å². The quantitative estimate of drug-likeness (QED) is 0.782. The van der Waals surface area contributed by atoms with Crippen molar-refractivity contribution in [3.8, 4) is 11.5 Å². The molecule has 3 amide bonds. The minimum absolute atomic E-state index is 0.266. The molecule has 0 saturated carbocycles. The lowest BCUT2D eigenvalue weighted by Crippen LogP contribution is -2.51. The van der Waals surface area contributed by atoms with E-state index in [4.69, 9.17) is 9.47 Å². The van der Waals surface area contributed by atoms with E-state index in [1.165, 1.54) is 0 Å². The predicted molar refractivity (Wildman–Crippen MR) is 71.0 cm³/mol. The third-order valence-electron chi connectivity index (χ3n) is 4.08. The molecule has 0 unspecified atom stereocenters. The van der Waals surface area contributed by atoms with Crippen molar-refractivity contribution in [1.29, 1.82) is 0 Å². The molecular formula is C14H16N2O4. The Morgan fingerprint density at radius 2 is 1.75 bits per heavy atom. The molecule has 1 spiro atoms. The van der Waals surface area contributed by atoms with Gasteiger partial charge in [-0.25, -0.2) is 4.79 Å². The van der Waals surface area contributed by atoms with E-state index in [-0.39, 0.29) is 5.91 Å². The maximum Gasteiger partial charge on any atom is 0.322 e. The largest absolute Gasteiger partial charge is 0.496 e. The number of carbonyl (C=O) groups excluding carboxylic acids is 2. The standard InChI is InChI=1S/C14H16N2O4/c1-19-10-3-4-11(20-2)9-7-14(6-5-8(9)10)12(17)15-13(18)16-14/h3-4H,5-7H2,1-2H3,(H2,15,16,17,18)/t14-/m1/s1. The van der Waals surface area contributed by atoms with Crippen molar-refractivity contribution in [1.82, 2.24) is 10.6 Å². The predicted octanol–water partition coefficient (Wildman–Crippen LogP) is 0.771. The smallest absolute Gasteiger partial charge is 0.322 e. The Morgan fingerprint density at radius 3 is 2.30 bits per heavy atom. The van der Waals surface area contributed by atoms with Crippen LogP contribution < -0.4 is 20.1 Å². The maximum atomic E-state index is 12.1. The molecule has 1 fully saturated rings. The van der Waals surface area contributed by atoms with Crippen LogP contribution in [0.15, 0.2) is 12.1 Å². The third kappa shape index (κ3) is 1.71. The number of rotatable bonds is 2. The van der Waals surface area contributed by atoms with Crippen molar-refractivity contribution in [3.63, 3.8) is 0 Å². The van der Waals surface area contributed by atoms with E-state index in [9.17, 15) is 9.59 Å². The van der Waals surface area contributed by atoms with Crippen molar-refractivity contribution in [2.75, 3.05) is 14.2 Å². The van der Waals surface area contributed by atoms with Crippen LogP contribution in [0.1, 0.15) is 17.5 Å². The fraction of sp³-hybridized carbons (Fsp3) is 0.429. The first-order valence-corrected chi connectivity index (χ1v) is 6.46. The van der Waals surface area contributed by atoms with Gasteiger partial charge in [0.05, 0.1) is 14.2 Å². The number of nitrogens with one attached hydrogen (secondary N) is 2. The molecule has 1 heterocycles. The highest BCUT2D eigenvalue weighted by Crippen LogP contribution is 2.40. The van der Waals surface area contributed by atoms with Gasteiger partial charge in [-0.05, 0) is 25.0 Å². The first kappa shape index (κ1) is 12.8. The van der Waals surface area contributed by atoms with E-state index in [1.54, 1.807) is 14.2 Å². The summed E-state index contributed by atoms with van der Waals surface area (Å²) in [5, 5.41) is 5.07. The summed E-state index contributed by atoms with van der Waals surface area (Å²) in [6, 6.07) is 3.26. The number of hydrogen-bond acceptors (Lipinski definition) is 4. The number of methoxy groups -OCH3 is 2. The molecule has 1 saturated heterocycles. The fourth-order valence-corrected chi connectivity index (χ4v) is 3.06. The number of carbonyl (C=O) groups is 2. The molecule has 0 radical (unpaired) electrons. The normalized spacial score (nSPS) is 24.1. The first-order valence-electron chi connectivity index (χ1n) is 6.46. The van der Waals surface area contributed by atoms with Crippen LogP contribution in [0, 0.1) is 0 Å². The molecule has 1 atom stereocenters. The molecule has 1 aromatic rings. The molecule has 3 rings (SSSR count). The Morgan fingerprint density at radius 1 is 1.10 bits per heavy atom. The molecule has 2 N–H and O–H groups in total. The summed E-state index contributed by atoms with van der Waals surface area (Å²) in [4.78, 5) is 23.5. The molecule has 106 valence electrons. The summed E-state index contributed by atoms with van der Waals surface area (Å²) in [6.45, 7) is 0. The number of urea groups is 1. The summed E-state index contributed by atoms with van der Waals surface area (Å²) >= 11 is 0. The van der Waals surface area contributed by atoms with Gasteiger partial charge in [-0.2, -0.15) is 0 Å². The molecule has 0 aromatic heterocycles. The summed E-state index contributed by atoms with van der Waals surface area (Å²) in [6.07, 6.45) is 1.63. The van der Waals surface area contributed by atoms with Crippen molar-refractivity contribution in [3.05, 3.63) is 23.3 Å². The summed E-state index contributed by atoms with van der Waals surface area (Å²) in [5.41, 5.74) is 1.12. The Bertz CT molecular complexity index is 599. The molecule has 1 aromatic carbocycles. The SMILES string of the molecule is COc1ccc(OC)c2c1CC[C@]1(C2)NC(=O)NC1=O. The number of fused-ring (bicyclic) bond motifs is 1. The van der Waals surface area contributed by atoms with Crippen molar-refractivity contribution in [2.24, 2.45) is 0 Å². The van der Waals surface area contributed by atoms with Crippen molar-refractivity contribution in [2.45, 2.75) is 24.8 Å². The van der Waals surface area contributed by atoms with Gasteiger partial charge >= 0.3 is 6.03 Å². The average Bonchev–Trinajstić information content (AvgIpc) is 2.71. The number of hydrogen-bond donors (Lipinski definition) is 2. The zero-order chi connectivity index (χ0) is 14.3. The molecule has 6 nitrogen and oxygen atoms in total. The average molecular weight is 276 g/mol. The minimum Gasteiger partial charge on any atom is -0.496 e. The number of ether oxygens (including phenoxy) is 2. The Balaban J connectivity index is 2.06.